The number of methoxy groups -OCH3 is 1. The van der Waals surface area contributed by atoms with E-state index in [4.69, 9.17) is 27.9 Å². The van der Waals surface area contributed by atoms with Crippen LogP contribution in [0.5, 0.6) is 5.75 Å². The maximum atomic E-state index is 12.4. The molecule has 3 aromatic carbocycles. The summed E-state index contributed by atoms with van der Waals surface area (Å²) in [7, 11) is 1.64. The summed E-state index contributed by atoms with van der Waals surface area (Å²) < 4.78 is 5.25. The van der Waals surface area contributed by atoms with Crippen LogP contribution in [-0.4, -0.2) is 18.0 Å². The molecule has 1 aromatic heterocycles. The summed E-state index contributed by atoms with van der Waals surface area (Å²) in [6.07, 6.45) is 0. The van der Waals surface area contributed by atoms with E-state index in [0.29, 0.717) is 21.3 Å². The molecule has 0 saturated heterocycles. The van der Waals surface area contributed by atoms with E-state index < -0.39 is 0 Å². The van der Waals surface area contributed by atoms with E-state index in [0.717, 1.165) is 27.8 Å². The molecular weight excluding hydrogens is 453 g/mol. The Kier molecular flexibility index (Phi) is 6.42. The minimum Gasteiger partial charge on any atom is -0.497 e. The topological polar surface area (TPSA) is 63.2 Å². The van der Waals surface area contributed by atoms with Gasteiger partial charge >= 0.3 is 0 Å². The van der Waals surface area contributed by atoms with Crippen LogP contribution in [0, 0.1) is 0 Å². The second kappa shape index (κ2) is 9.39. The first-order chi connectivity index (χ1) is 15.0. The zero-order valence-electron chi connectivity index (χ0n) is 16.4. The van der Waals surface area contributed by atoms with Crippen molar-refractivity contribution in [1.29, 1.82) is 0 Å². The Bertz CT molecular complexity index is 1230. The van der Waals surface area contributed by atoms with Crippen molar-refractivity contribution in [3.8, 4) is 17.0 Å². The largest absolute Gasteiger partial charge is 0.497 e. The van der Waals surface area contributed by atoms with E-state index in [-0.39, 0.29) is 5.91 Å². The molecule has 0 unspecified atom stereocenters. The number of benzene rings is 3. The van der Waals surface area contributed by atoms with Gasteiger partial charge in [0, 0.05) is 33.9 Å². The maximum absolute atomic E-state index is 12.4. The molecule has 4 aromatic rings. The first-order valence-electron chi connectivity index (χ1n) is 9.25. The lowest BCUT2D eigenvalue weighted by atomic mass is 10.1. The van der Waals surface area contributed by atoms with Crippen LogP contribution >= 0.6 is 34.5 Å². The van der Waals surface area contributed by atoms with Crippen molar-refractivity contribution >= 4 is 57.0 Å². The van der Waals surface area contributed by atoms with E-state index in [2.05, 4.69) is 15.6 Å². The number of nitrogens with one attached hydrogen (secondary N) is 2. The second-order valence-electron chi connectivity index (χ2n) is 6.56. The molecule has 0 saturated carbocycles. The third-order valence-electron chi connectivity index (χ3n) is 4.45. The molecule has 0 aliphatic rings. The highest BCUT2D eigenvalue weighted by Gasteiger charge is 2.10. The fourth-order valence-electron chi connectivity index (χ4n) is 2.85. The van der Waals surface area contributed by atoms with Crippen LogP contribution < -0.4 is 15.4 Å². The summed E-state index contributed by atoms with van der Waals surface area (Å²) in [4.78, 5) is 17.1. The molecular formula is C23H17Cl2N3O2S. The van der Waals surface area contributed by atoms with E-state index in [9.17, 15) is 4.79 Å². The van der Waals surface area contributed by atoms with Crippen LogP contribution in [0.1, 0.15) is 10.4 Å². The van der Waals surface area contributed by atoms with Gasteiger partial charge in [-0.25, -0.2) is 4.98 Å². The van der Waals surface area contributed by atoms with Crippen molar-refractivity contribution in [3.63, 3.8) is 0 Å². The lowest BCUT2D eigenvalue weighted by Gasteiger charge is -2.07. The predicted octanol–water partition coefficient (Wildman–Crippen LogP) is 7.12. The van der Waals surface area contributed by atoms with Gasteiger partial charge in [0.2, 0.25) is 0 Å². The summed E-state index contributed by atoms with van der Waals surface area (Å²) in [5, 5.41) is 9.64. The van der Waals surface area contributed by atoms with Crippen molar-refractivity contribution in [1.82, 2.24) is 4.98 Å². The molecule has 8 heteroatoms. The highest BCUT2D eigenvalue weighted by molar-refractivity contribution is 7.14. The van der Waals surface area contributed by atoms with E-state index in [1.54, 1.807) is 25.3 Å². The number of amides is 1. The summed E-state index contributed by atoms with van der Waals surface area (Å²) >= 11 is 13.4. The Morgan fingerprint density at radius 3 is 2.52 bits per heavy atom. The molecule has 2 N–H and O–H groups in total. The van der Waals surface area contributed by atoms with Crippen LogP contribution in [0.3, 0.4) is 0 Å². The van der Waals surface area contributed by atoms with Gasteiger partial charge in [-0.3, -0.25) is 4.79 Å². The third kappa shape index (κ3) is 5.17. The average Bonchev–Trinajstić information content (AvgIpc) is 3.24. The fourth-order valence-corrected chi connectivity index (χ4v) is 3.89. The minimum absolute atomic E-state index is 0.259. The van der Waals surface area contributed by atoms with Crippen molar-refractivity contribution < 1.29 is 9.53 Å². The molecule has 0 spiro atoms. The molecule has 4 rings (SSSR count). The number of hydrogen-bond donors (Lipinski definition) is 2. The van der Waals surface area contributed by atoms with Gasteiger partial charge < -0.3 is 15.4 Å². The van der Waals surface area contributed by atoms with Gasteiger partial charge in [-0.2, -0.15) is 0 Å². The first-order valence-corrected chi connectivity index (χ1v) is 10.9. The van der Waals surface area contributed by atoms with E-state index in [1.807, 2.05) is 53.9 Å². The zero-order chi connectivity index (χ0) is 21.8. The SMILES string of the molecule is COc1cccc(Nc2nc(-c3ccc(NC(=O)c4ccc(Cl)c(Cl)c4)cc3)cs2)c1. The molecule has 0 aliphatic heterocycles. The highest BCUT2D eigenvalue weighted by Crippen LogP contribution is 2.29. The number of carbonyl (C=O) groups is 1. The van der Waals surface area contributed by atoms with Crippen molar-refractivity contribution in [2.24, 2.45) is 0 Å². The number of rotatable bonds is 6. The summed E-state index contributed by atoms with van der Waals surface area (Å²) in [6, 6.07) is 19.9. The molecule has 5 nitrogen and oxygen atoms in total. The van der Waals surface area contributed by atoms with Gasteiger partial charge in [0.05, 0.1) is 22.8 Å². The molecule has 0 fully saturated rings. The fraction of sp³-hybridized carbons (Fsp3) is 0.0435. The number of aromatic nitrogens is 1. The molecule has 31 heavy (non-hydrogen) atoms. The number of ether oxygens (including phenoxy) is 1. The normalized spacial score (nSPS) is 10.5. The lowest BCUT2D eigenvalue weighted by Crippen LogP contribution is -2.11. The van der Waals surface area contributed by atoms with Crippen LogP contribution in [-0.2, 0) is 0 Å². The Morgan fingerprint density at radius 1 is 0.968 bits per heavy atom. The molecule has 0 radical (unpaired) electrons. The van der Waals surface area contributed by atoms with Gasteiger partial charge in [-0.15, -0.1) is 11.3 Å². The lowest BCUT2D eigenvalue weighted by molar-refractivity contribution is 0.102. The third-order valence-corrected chi connectivity index (χ3v) is 5.94. The van der Waals surface area contributed by atoms with Gasteiger partial charge in [0.15, 0.2) is 5.13 Å². The van der Waals surface area contributed by atoms with Crippen LogP contribution in [0.15, 0.2) is 72.1 Å². The summed E-state index contributed by atoms with van der Waals surface area (Å²) in [5.74, 6) is 0.519. The first kappa shape index (κ1) is 21.2. The minimum atomic E-state index is -0.259. The number of carbonyl (C=O) groups excluding carboxylic acids is 1. The summed E-state index contributed by atoms with van der Waals surface area (Å²) in [6.45, 7) is 0. The van der Waals surface area contributed by atoms with Crippen molar-refractivity contribution in [2.75, 3.05) is 17.7 Å². The van der Waals surface area contributed by atoms with Gasteiger partial charge in [0.25, 0.3) is 5.91 Å². The van der Waals surface area contributed by atoms with Crippen LogP contribution in [0.2, 0.25) is 10.0 Å². The van der Waals surface area contributed by atoms with Gasteiger partial charge in [0.1, 0.15) is 5.75 Å². The van der Waals surface area contributed by atoms with E-state index in [1.165, 1.54) is 11.3 Å². The molecule has 156 valence electrons. The Morgan fingerprint density at radius 2 is 1.77 bits per heavy atom. The Labute approximate surface area is 193 Å². The molecule has 0 atom stereocenters. The number of halogens is 2. The van der Waals surface area contributed by atoms with Crippen LogP contribution in [0.4, 0.5) is 16.5 Å². The predicted molar refractivity (Wildman–Crippen MR) is 128 cm³/mol. The monoisotopic (exact) mass is 469 g/mol. The van der Waals surface area contributed by atoms with Gasteiger partial charge in [-0.05, 0) is 42.5 Å². The van der Waals surface area contributed by atoms with Crippen LogP contribution in [0.25, 0.3) is 11.3 Å². The molecule has 0 bridgehead atoms. The van der Waals surface area contributed by atoms with E-state index >= 15 is 0 Å². The number of anilines is 3. The second-order valence-corrected chi connectivity index (χ2v) is 8.23. The number of thiazole rings is 1. The van der Waals surface area contributed by atoms with Crippen molar-refractivity contribution in [2.45, 2.75) is 0 Å². The number of hydrogen-bond acceptors (Lipinski definition) is 5. The highest BCUT2D eigenvalue weighted by atomic mass is 35.5. The molecule has 1 heterocycles. The number of nitrogens with zero attached hydrogens (tertiary/aromatic N) is 1. The summed E-state index contributed by atoms with van der Waals surface area (Å²) in [5.41, 5.74) is 3.80. The molecule has 1 amide bonds. The Balaban J connectivity index is 1.43. The van der Waals surface area contributed by atoms with Gasteiger partial charge in [-0.1, -0.05) is 41.4 Å². The zero-order valence-corrected chi connectivity index (χ0v) is 18.7. The maximum Gasteiger partial charge on any atom is 0.255 e. The quantitative estimate of drug-likeness (QED) is 0.315. The molecule has 0 aliphatic carbocycles. The smallest absolute Gasteiger partial charge is 0.255 e. The average molecular weight is 470 g/mol. The Hall–Kier alpha value is -3.06. The standard InChI is InChI=1S/C23H17Cl2N3O2S/c1-30-18-4-2-3-17(12-18)27-23-28-21(13-31-23)14-5-8-16(9-6-14)26-22(29)15-7-10-19(24)20(25)11-15/h2-13H,1H3,(H,26,29)(H,27,28). The van der Waals surface area contributed by atoms with Crippen molar-refractivity contribution in [3.05, 3.63) is 87.7 Å².